The minimum atomic E-state index is 0.920. The third-order valence-electron chi connectivity index (χ3n) is 4.61. The van der Waals surface area contributed by atoms with Gasteiger partial charge in [-0.25, -0.2) is 4.98 Å². The van der Waals surface area contributed by atoms with Gasteiger partial charge < -0.3 is 0 Å². The molecule has 128 valence electrons. The first-order valence-electron chi connectivity index (χ1n) is 8.92. The van der Waals surface area contributed by atoms with Crippen LogP contribution in [0.5, 0.6) is 0 Å². The van der Waals surface area contributed by atoms with Gasteiger partial charge in [0.15, 0.2) is 0 Å². The van der Waals surface area contributed by atoms with Gasteiger partial charge in [-0.2, -0.15) is 0 Å². The Kier molecular flexibility index (Phi) is 4.04. The molecule has 0 bridgehead atoms. The summed E-state index contributed by atoms with van der Waals surface area (Å²) in [6, 6.07) is 19.4. The molecule has 1 heterocycles. The SMILES string of the molecule is Cc1cc(C)cc(-c2ccc3nc(-c4cc(C)cc(C)c4)cnc3c2)c1. The van der Waals surface area contributed by atoms with Gasteiger partial charge in [0, 0.05) is 5.56 Å². The van der Waals surface area contributed by atoms with Crippen molar-refractivity contribution < 1.29 is 0 Å². The number of aryl methyl sites for hydroxylation is 4. The molecule has 0 saturated carbocycles. The molecule has 0 unspecified atom stereocenters. The molecule has 0 radical (unpaired) electrons. The van der Waals surface area contributed by atoms with E-state index in [1.807, 2.05) is 6.20 Å². The zero-order valence-electron chi connectivity index (χ0n) is 15.7. The van der Waals surface area contributed by atoms with Crippen molar-refractivity contribution in [2.45, 2.75) is 27.7 Å². The van der Waals surface area contributed by atoms with Crippen molar-refractivity contribution in [2.24, 2.45) is 0 Å². The normalized spacial score (nSPS) is 11.1. The Balaban J connectivity index is 1.79. The van der Waals surface area contributed by atoms with E-state index in [4.69, 9.17) is 4.98 Å². The highest BCUT2D eigenvalue weighted by atomic mass is 14.8. The second-order valence-corrected chi connectivity index (χ2v) is 7.21. The molecule has 2 heteroatoms. The highest BCUT2D eigenvalue weighted by Crippen LogP contribution is 2.27. The summed E-state index contributed by atoms with van der Waals surface area (Å²) in [5.41, 5.74) is 11.3. The minimum Gasteiger partial charge on any atom is -0.252 e. The lowest BCUT2D eigenvalue weighted by molar-refractivity contribution is 1.28. The molecule has 0 amide bonds. The third-order valence-corrected chi connectivity index (χ3v) is 4.61. The number of fused-ring (bicyclic) bond motifs is 1. The summed E-state index contributed by atoms with van der Waals surface area (Å²) in [7, 11) is 0. The van der Waals surface area contributed by atoms with Crippen LogP contribution >= 0.6 is 0 Å². The smallest absolute Gasteiger partial charge is 0.0894 e. The molecule has 0 spiro atoms. The van der Waals surface area contributed by atoms with Gasteiger partial charge in [0.05, 0.1) is 22.9 Å². The van der Waals surface area contributed by atoms with Crippen LogP contribution < -0.4 is 0 Å². The van der Waals surface area contributed by atoms with E-state index < -0.39 is 0 Å². The highest BCUT2D eigenvalue weighted by Gasteiger charge is 2.07. The van der Waals surface area contributed by atoms with Gasteiger partial charge in [0.2, 0.25) is 0 Å². The van der Waals surface area contributed by atoms with E-state index in [9.17, 15) is 0 Å². The average molecular weight is 338 g/mol. The van der Waals surface area contributed by atoms with Crippen molar-refractivity contribution in [1.82, 2.24) is 9.97 Å². The lowest BCUT2D eigenvalue weighted by Crippen LogP contribution is -1.91. The third kappa shape index (κ3) is 3.23. The fourth-order valence-corrected chi connectivity index (χ4v) is 3.59. The van der Waals surface area contributed by atoms with E-state index in [1.54, 1.807) is 0 Å². The second kappa shape index (κ2) is 6.38. The van der Waals surface area contributed by atoms with E-state index in [-0.39, 0.29) is 0 Å². The van der Waals surface area contributed by atoms with Gasteiger partial charge in [0.1, 0.15) is 0 Å². The Bertz CT molecular complexity index is 995. The summed E-state index contributed by atoms with van der Waals surface area (Å²) in [4.78, 5) is 9.52. The molecule has 0 aliphatic rings. The van der Waals surface area contributed by atoms with Crippen molar-refractivity contribution in [3.63, 3.8) is 0 Å². The lowest BCUT2D eigenvalue weighted by Gasteiger charge is -2.08. The fourth-order valence-electron chi connectivity index (χ4n) is 3.59. The van der Waals surface area contributed by atoms with E-state index in [2.05, 4.69) is 87.3 Å². The van der Waals surface area contributed by atoms with E-state index in [0.717, 1.165) is 22.3 Å². The summed E-state index contributed by atoms with van der Waals surface area (Å²) in [5.74, 6) is 0. The number of rotatable bonds is 2. The Morgan fingerprint density at radius 2 is 1.12 bits per heavy atom. The number of hydrogen-bond acceptors (Lipinski definition) is 2. The molecule has 1 aromatic heterocycles. The van der Waals surface area contributed by atoms with Crippen LogP contribution in [0, 0.1) is 27.7 Å². The molecule has 0 aliphatic carbocycles. The molecule has 3 aromatic carbocycles. The zero-order valence-corrected chi connectivity index (χ0v) is 15.7. The highest BCUT2D eigenvalue weighted by molar-refractivity contribution is 5.83. The van der Waals surface area contributed by atoms with Gasteiger partial charge in [-0.3, -0.25) is 4.98 Å². The second-order valence-electron chi connectivity index (χ2n) is 7.21. The lowest BCUT2D eigenvalue weighted by atomic mass is 10.00. The van der Waals surface area contributed by atoms with E-state index in [1.165, 1.54) is 33.4 Å². The molecule has 4 aromatic rings. The Morgan fingerprint density at radius 1 is 0.538 bits per heavy atom. The predicted octanol–water partition coefficient (Wildman–Crippen LogP) is 6.20. The summed E-state index contributed by atoms with van der Waals surface area (Å²) < 4.78 is 0. The fraction of sp³-hybridized carbons (Fsp3) is 0.167. The maximum atomic E-state index is 4.84. The Hall–Kier alpha value is -3.00. The Morgan fingerprint density at radius 3 is 1.73 bits per heavy atom. The first-order chi connectivity index (χ1) is 12.5. The van der Waals surface area contributed by atoms with Gasteiger partial charge in [-0.05, 0) is 63.1 Å². The quantitative estimate of drug-likeness (QED) is 0.435. The summed E-state index contributed by atoms with van der Waals surface area (Å²) in [6.07, 6.45) is 1.88. The summed E-state index contributed by atoms with van der Waals surface area (Å²) >= 11 is 0. The molecule has 0 aliphatic heterocycles. The first-order valence-corrected chi connectivity index (χ1v) is 8.92. The molecular formula is C24H22N2. The van der Waals surface area contributed by atoms with Gasteiger partial charge >= 0.3 is 0 Å². The van der Waals surface area contributed by atoms with Gasteiger partial charge in [-0.15, -0.1) is 0 Å². The maximum Gasteiger partial charge on any atom is 0.0894 e. The van der Waals surface area contributed by atoms with Crippen molar-refractivity contribution in [3.05, 3.63) is 83.0 Å². The topological polar surface area (TPSA) is 25.8 Å². The molecule has 4 rings (SSSR count). The maximum absolute atomic E-state index is 4.84. The van der Waals surface area contributed by atoms with Crippen LogP contribution in [0.15, 0.2) is 60.8 Å². The largest absolute Gasteiger partial charge is 0.252 e. The minimum absolute atomic E-state index is 0.920. The molecule has 0 saturated heterocycles. The van der Waals surface area contributed by atoms with Gasteiger partial charge in [0.25, 0.3) is 0 Å². The first kappa shape index (κ1) is 16.5. The standard InChI is InChI=1S/C24H22N2/c1-15-7-16(2)10-20(9-15)19-5-6-22-23(13-19)25-14-24(26-22)21-11-17(3)8-18(4)12-21/h5-14H,1-4H3. The van der Waals surface area contributed by atoms with Gasteiger partial charge in [-0.1, -0.05) is 52.6 Å². The van der Waals surface area contributed by atoms with Crippen LogP contribution in [0.4, 0.5) is 0 Å². The molecule has 0 atom stereocenters. The van der Waals surface area contributed by atoms with Crippen LogP contribution in [0.25, 0.3) is 33.4 Å². The van der Waals surface area contributed by atoms with Crippen LogP contribution in [0.3, 0.4) is 0 Å². The molecule has 2 nitrogen and oxygen atoms in total. The Labute approximate surface area is 154 Å². The van der Waals surface area contributed by atoms with Crippen molar-refractivity contribution in [2.75, 3.05) is 0 Å². The van der Waals surface area contributed by atoms with E-state index in [0.29, 0.717) is 0 Å². The van der Waals surface area contributed by atoms with E-state index >= 15 is 0 Å². The number of nitrogens with zero attached hydrogens (tertiary/aromatic N) is 2. The monoisotopic (exact) mass is 338 g/mol. The predicted molar refractivity (Wildman–Crippen MR) is 109 cm³/mol. The van der Waals surface area contributed by atoms with Crippen LogP contribution in [-0.2, 0) is 0 Å². The molecular weight excluding hydrogens is 316 g/mol. The summed E-state index contributed by atoms with van der Waals surface area (Å²) in [6.45, 7) is 8.49. The van der Waals surface area contributed by atoms with Crippen LogP contribution in [0.1, 0.15) is 22.3 Å². The number of hydrogen-bond donors (Lipinski definition) is 0. The molecule has 0 fully saturated rings. The van der Waals surface area contributed by atoms with Crippen LogP contribution in [0.2, 0.25) is 0 Å². The number of aromatic nitrogens is 2. The summed E-state index contributed by atoms with van der Waals surface area (Å²) in [5, 5.41) is 0. The van der Waals surface area contributed by atoms with Crippen molar-refractivity contribution in [3.8, 4) is 22.4 Å². The molecule has 0 N–H and O–H groups in total. The van der Waals surface area contributed by atoms with Crippen LogP contribution in [-0.4, -0.2) is 9.97 Å². The number of benzene rings is 3. The molecule has 26 heavy (non-hydrogen) atoms. The zero-order chi connectivity index (χ0) is 18.3. The van der Waals surface area contributed by atoms with Crippen molar-refractivity contribution >= 4 is 11.0 Å². The van der Waals surface area contributed by atoms with Crippen molar-refractivity contribution in [1.29, 1.82) is 0 Å². The average Bonchev–Trinajstić information content (AvgIpc) is 2.59.